The maximum absolute atomic E-state index is 12.1. The minimum absolute atomic E-state index is 0.101. The molecule has 3 nitrogen and oxygen atoms in total. The summed E-state index contributed by atoms with van der Waals surface area (Å²) in [6.45, 7) is 9.43. The number of carbonyl (C=O) groups is 1. The van der Waals surface area contributed by atoms with E-state index >= 15 is 0 Å². The number of amides is 1. The van der Waals surface area contributed by atoms with Gasteiger partial charge in [0.15, 0.2) is 0 Å². The fourth-order valence-electron chi connectivity index (χ4n) is 2.29. The Bertz CT molecular complexity index is 436. The monoisotopic (exact) mass is 326 g/mol. The van der Waals surface area contributed by atoms with Crippen molar-refractivity contribution in [1.82, 2.24) is 5.32 Å². The molecule has 0 bridgehead atoms. The van der Waals surface area contributed by atoms with Crippen LogP contribution in [0.4, 0.5) is 5.69 Å². The molecule has 0 atom stereocenters. The molecule has 1 aromatic rings. The largest absolute Gasteiger partial charge is 0.398 e. The fraction of sp³-hybridized carbons (Fsp3) is 0.533. The van der Waals surface area contributed by atoms with Gasteiger partial charge in [0, 0.05) is 16.7 Å². The first-order valence-corrected chi connectivity index (χ1v) is 7.45. The molecule has 0 spiro atoms. The number of nitrogens with one attached hydrogen (secondary N) is 1. The lowest BCUT2D eigenvalue weighted by Crippen LogP contribution is -2.34. The maximum Gasteiger partial charge on any atom is 0.253 e. The lowest BCUT2D eigenvalue weighted by Gasteiger charge is -2.25. The molecule has 0 aliphatic rings. The molecule has 0 aliphatic heterocycles. The van der Waals surface area contributed by atoms with Crippen molar-refractivity contribution in [1.29, 1.82) is 0 Å². The van der Waals surface area contributed by atoms with Crippen LogP contribution in [0.1, 0.15) is 38.1 Å². The summed E-state index contributed by atoms with van der Waals surface area (Å²) in [5, 5.41) is 2.99. The number of hydrogen-bond acceptors (Lipinski definition) is 2. The van der Waals surface area contributed by atoms with Crippen molar-refractivity contribution in [3.63, 3.8) is 0 Å². The third-order valence-corrected chi connectivity index (χ3v) is 3.96. The van der Waals surface area contributed by atoms with Gasteiger partial charge in [0.1, 0.15) is 0 Å². The summed E-state index contributed by atoms with van der Waals surface area (Å²) in [5.41, 5.74) is 6.89. The topological polar surface area (TPSA) is 55.1 Å². The first kappa shape index (κ1) is 16.0. The van der Waals surface area contributed by atoms with E-state index in [4.69, 9.17) is 5.73 Å². The van der Waals surface area contributed by atoms with Crippen molar-refractivity contribution in [2.45, 2.75) is 27.7 Å². The van der Waals surface area contributed by atoms with E-state index in [0.29, 0.717) is 35.5 Å². The SMILES string of the molecule is CC(C)C(CNC(=O)c1ccc(Br)cc1N)C(C)C. The maximum atomic E-state index is 12.1. The van der Waals surface area contributed by atoms with Crippen molar-refractivity contribution in [2.24, 2.45) is 17.8 Å². The van der Waals surface area contributed by atoms with Gasteiger partial charge >= 0.3 is 0 Å². The summed E-state index contributed by atoms with van der Waals surface area (Å²) in [4.78, 5) is 12.1. The quantitative estimate of drug-likeness (QED) is 0.811. The highest BCUT2D eigenvalue weighted by Crippen LogP contribution is 2.21. The Morgan fingerprint density at radius 3 is 2.32 bits per heavy atom. The zero-order chi connectivity index (χ0) is 14.6. The van der Waals surface area contributed by atoms with Crippen LogP contribution in [0, 0.1) is 17.8 Å². The Balaban J connectivity index is 2.69. The molecule has 4 heteroatoms. The first-order valence-electron chi connectivity index (χ1n) is 6.66. The molecule has 0 saturated heterocycles. The van der Waals surface area contributed by atoms with Crippen LogP contribution in [0.3, 0.4) is 0 Å². The number of carbonyl (C=O) groups excluding carboxylic acids is 1. The molecular formula is C15H23BrN2O. The van der Waals surface area contributed by atoms with E-state index in [1.54, 1.807) is 12.1 Å². The standard InChI is InChI=1S/C15H23BrN2O/c1-9(2)13(10(3)4)8-18-15(19)12-6-5-11(16)7-14(12)17/h5-7,9-10,13H,8,17H2,1-4H3,(H,18,19). The molecule has 3 N–H and O–H groups in total. The van der Waals surface area contributed by atoms with Gasteiger partial charge in [-0.2, -0.15) is 0 Å². The van der Waals surface area contributed by atoms with E-state index in [1.807, 2.05) is 6.07 Å². The highest BCUT2D eigenvalue weighted by atomic mass is 79.9. The molecule has 0 saturated carbocycles. The van der Waals surface area contributed by atoms with E-state index in [0.717, 1.165) is 4.47 Å². The summed E-state index contributed by atoms with van der Waals surface area (Å²) in [7, 11) is 0. The van der Waals surface area contributed by atoms with Gasteiger partial charge in [0.05, 0.1) is 5.56 Å². The molecule has 1 aromatic carbocycles. The molecule has 1 rings (SSSR count). The van der Waals surface area contributed by atoms with Crippen LogP contribution >= 0.6 is 15.9 Å². The second kappa shape index (κ2) is 6.94. The lowest BCUT2D eigenvalue weighted by molar-refractivity contribution is 0.0938. The Morgan fingerprint density at radius 1 is 1.26 bits per heavy atom. The molecule has 0 aliphatic carbocycles. The van der Waals surface area contributed by atoms with Crippen LogP contribution in [0.15, 0.2) is 22.7 Å². The minimum atomic E-state index is -0.101. The molecule has 0 heterocycles. The predicted molar refractivity (Wildman–Crippen MR) is 84.1 cm³/mol. The summed E-state index contributed by atoms with van der Waals surface area (Å²) >= 11 is 3.33. The van der Waals surface area contributed by atoms with Gasteiger partial charge in [0.25, 0.3) is 5.91 Å². The Morgan fingerprint density at radius 2 is 1.84 bits per heavy atom. The fourth-order valence-corrected chi connectivity index (χ4v) is 2.67. The highest BCUT2D eigenvalue weighted by molar-refractivity contribution is 9.10. The Kier molecular flexibility index (Phi) is 5.85. The summed E-state index contributed by atoms with van der Waals surface area (Å²) < 4.78 is 0.879. The van der Waals surface area contributed by atoms with Crippen molar-refractivity contribution >= 4 is 27.5 Å². The Hall–Kier alpha value is -1.03. The summed E-state index contributed by atoms with van der Waals surface area (Å²) in [6.07, 6.45) is 0. The van der Waals surface area contributed by atoms with Crippen LogP contribution in [0.2, 0.25) is 0 Å². The van der Waals surface area contributed by atoms with Gasteiger partial charge in [-0.1, -0.05) is 43.6 Å². The van der Waals surface area contributed by atoms with Gasteiger partial charge in [0.2, 0.25) is 0 Å². The number of nitrogen functional groups attached to an aromatic ring is 1. The number of anilines is 1. The van der Waals surface area contributed by atoms with Crippen LogP contribution in [0.25, 0.3) is 0 Å². The molecular weight excluding hydrogens is 304 g/mol. The van der Waals surface area contributed by atoms with E-state index in [9.17, 15) is 4.79 Å². The van der Waals surface area contributed by atoms with Gasteiger partial charge in [-0.3, -0.25) is 4.79 Å². The second-order valence-corrected chi connectivity index (χ2v) is 6.51. The van der Waals surface area contributed by atoms with Crippen molar-refractivity contribution < 1.29 is 4.79 Å². The van der Waals surface area contributed by atoms with Crippen LogP contribution in [0.5, 0.6) is 0 Å². The molecule has 0 fully saturated rings. The molecule has 0 radical (unpaired) electrons. The van der Waals surface area contributed by atoms with Crippen LogP contribution in [-0.2, 0) is 0 Å². The smallest absolute Gasteiger partial charge is 0.253 e. The number of nitrogens with two attached hydrogens (primary N) is 1. The number of halogens is 1. The van der Waals surface area contributed by atoms with E-state index in [1.165, 1.54) is 0 Å². The number of rotatable bonds is 5. The summed E-state index contributed by atoms with van der Waals surface area (Å²) in [6, 6.07) is 5.32. The Labute approximate surface area is 124 Å². The molecule has 19 heavy (non-hydrogen) atoms. The van der Waals surface area contributed by atoms with E-state index in [-0.39, 0.29) is 5.91 Å². The third kappa shape index (κ3) is 4.53. The van der Waals surface area contributed by atoms with E-state index < -0.39 is 0 Å². The number of hydrogen-bond donors (Lipinski definition) is 2. The average Bonchev–Trinajstić information content (AvgIpc) is 2.27. The third-order valence-electron chi connectivity index (χ3n) is 3.47. The normalized spacial score (nSPS) is 11.4. The van der Waals surface area contributed by atoms with Gasteiger partial charge in [-0.25, -0.2) is 0 Å². The zero-order valence-corrected chi connectivity index (χ0v) is 13.6. The number of benzene rings is 1. The van der Waals surface area contributed by atoms with Crippen LogP contribution in [-0.4, -0.2) is 12.5 Å². The second-order valence-electron chi connectivity index (χ2n) is 5.59. The van der Waals surface area contributed by atoms with Crippen LogP contribution < -0.4 is 11.1 Å². The minimum Gasteiger partial charge on any atom is -0.398 e. The first-order chi connectivity index (χ1) is 8.82. The van der Waals surface area contributed by atoms with Gasteiger partial charge < -0.3 is 11.1 Å². The predicted octanol–water partition coefficient (Wildman–Crippen LogP) is 3.69. The molecule has 1 amide bonds. The van der Waals surface area contributed by atoms with Crippen molar-refractivity contribution in [3.8, 4) is 0 Å². The lowest BCUT2D eigenvalue weighted by atomic mass is 9.85. The molecule has 0 aromatic heterocycles. The summed E-state index contributed by atoms with van der Waals surface area (Å²) in [5.74, 6) is 1.46. The molecule has 0 unspecified atom stereocenters. The van der Waals surface area contributed by atoms with E-state index in [2.05, 4.69) is 48.9 Å². The van der Waals surface area contributed by atoms with Crippen molar-refractivity contribution in [3.05, 3.63) is 28.2 Å². The average molecular weight is 327 g/mol. The highest BCUT2D eigenvalue weighted by Gasteiger charge is 2.19. The zero-order valence-electron chi connectivity index (χ0n) is 12.0. The van der Waals surface area contributed by atoms with Gasteiger partial charge in [-0.05, 0) is 36.0 Å². The van der Waals surface area contributed by atoms with Crippen molar-refractivity contribution in [2.75, 3.05) is 12.3 Å². The molecule has 106 valence electrons. The van der Waals surface area contributed by atoms with Gasteiger partial charge in [-0.15, -0.1) is 0 Å².